The second-order valence-corrected chi connectivity index (χ2v) is 6.65. The van der Waals surface area contributed by atoms with Crippen LogP contribution < -0.4 is 9.47 Å². The molecule has 2 heterocycles. The molecule has 0 saturated carbocycles. The Bertz CT molecular complexity index is 1030. The van der Waals surface area contributed by atoms with Gasteiger partial charge in [0.15, 0.2) is 23.2 Å². The lowest BCUT2D eigenvalue weighted by molar-refractivity contribution is -0.130. The summed E-state index contributed by atoms with van der Waals surface area (Å²) in [5, 5.41) is 0. The first-order valence-electron chi connectivity index (χ1n) is 9.64. The van der Waals surface area contributed by atoms with Crippen LogP contribution in [0.5, 0.6) is 11.5 Å². The van der Waals surface area contributed by atoms with E-state index in [0.717, 1.165) is 22.6 Å². The summed E-state index contributed by atoms with van der Waals surface area (Å²) in [6.07, 6.45) is 3.36. The Hall–Kier alpha value is -4.20. The average Bonchev–Trinajstić information content (AvgIpc) is 3.28. The van der Waals surface area contributed by atoms with Crippen LogP contribution in [0.15, 0.2) is 69.9 Å². The van der Waals surface area contributed by atoms with Gasteiger partial charge in [-0.2, -0.15) is 0 Å². The predicted molar refractivity (Wildman–Crippen MR) is 120 cm³/mol. The molecule has 2 aliphatic rings. The Morgan fingerprint density at radius 1 is 0.656 bits per heavy atom. The maximum absolute atomic E-state index is 11.3. The topological polar surface area (TPSA) is 95.8 Å². The molecule has 0 atom stereocenters. The van der Waals surface area contributed by atoms with Gasteiger partial charge in [0.25, 0.3) is 0 Å². The number of hydrogen-bond donors (Lipinski definition) is 0. The summed E-state index contributed by atoms with van der Waals surface area (Å²) in [4.78, 5) is 30.5. The fraction of sp³-hybridized carbons (Fsp3) is 0.167. The van der Waals surface area contributed by atoms with E-state index >= 15 is 0 Å². The van der Waals surface area contributed by atoms with Crippen LogP contribution in [0.2, 0.25) is 0 Å². The van der Waals surface area contributed by atoms with Gasteiger partial charge in [-0.15, -0.1) is 0 Å². The summed E-state index contributed by atoms with van der Waals surface area (Å²) < 4.78 is 19.7. The van der Waals surface area contributed by atoms with Gasteiger partial charge in [0.2, 0.25) is 0 Å². The van der Waals surface area contributed by atoms with Crippen LogP contribution in [0.1, 0.15) is 25.0 Å². The first-order chi connectivity index (χ1) is 15.4. The van der Waals surface area contributed by atoms with Crippen LogP contribution in [0.4, 0.5) is 0 Å². The SMILES string of the molecule is COc1ccc(C=C2N=C(C)OC2=O)cc1.COc1ccc(C=C2N=C(C)OC2=O)cc1. The lowest BCUT2D eigenvalue weighted by atomic mass is 10.2. The van der Waals surface area contributed by atoms with Crippen LogP contribution in [0.3, 0.4) is 0 Å². The monoisotopic (exact) mass is 434 g/mol. The highest BCUT2D eigenvalue weighted by Gasteiger charge is 2.20. The van der Waals surface area contributed by atoms with E-state index in [-0.39, 0.29) is 0 Å². The molecule has 0 spiro atoms. The van der Waals surface area contributed by atoms with Crippen molar-refractivity contribution in [2.75, 3.05) is 14.2 Å². The molecule has 4 rings (SSSR count). The van der Waals surface area contributed by atoms with Gasteiger partial charge in [0.1, 0.15) is 11.5 Å². The molecule has 164 valence electrons. The van der Waals surface area contributed by atoms with Crippen LogP contribution >= 0.6 is 0 Å². The zero-order valence-corrected chi connectivity index (χ0v) is 18.1. The lowest BCUT2D eigenvalue weighted by Gasteiger charge is -1.99. The number of esters is 2. The fourth-order valence-corrected chi connectivity index (χ4v) is 2.75. The Labute approximate surface area is 185 Å². The number of ether oxygens (including phenoxy) is 4. The molecule has 2 aromatic carbocycles. The molecule has 0 amide bonds. The van der Waals surface area contributed by atoms with E-state index in [2.05, 4.69) is 9.98 Å². The normalized spacial score (nSPS) is 17.2. The standard InChI is InChI=1S/2C12H11NO3/c2*1-8-13-11(12(14)16-8)7-9-3-5-10(15-2)6-4-9/h2*3-7H,1-2H3. The molecule has 0 N–H and O–H groups in total. The van der Waals surface area contributed by atoms with Gasteiger partial charge in [-0.05, 0) is 47.5 Å². The minimum Gasteiger partial charge on any atom is -0.497 e. The average molecular weight is 434 g/mol. The summed E-state index contributed by atoms with van der Waals surface area (Å²) in [6.45, 7) is 3.29. The van der Waals surface area contributed by atoms with Gasteiger partial charge in [-0.3, -0.25) is 0 Å². The first kappa shape index (κ1) is 22.5. The molecule has 0 radical (unpaired) electrons. The number of benzene rings is 2. The van der Waals surface area contributed by atoms with E-state index in [9.17, 15) is 9.59 Å². The molecule has 0 bridgehead atoms. The Kier molecular flexibility index (Phi) is 7.17. The van der Waals surface area contributed by atoms with E-state index in [0.29, 0.717) is 23.2 Å². The number of nitrogens with zero attached hydrogens (tertiary/aromatic N) is 2. The van der Waals surface area contributed by atoms with Gasteiger partial charge in [0, 0.05) is 13.8 Å². The third-order valence-electron chi connectivity index (χ3n) is 4.29. The molecule has 0 saturated heterocycles. The lowest BCUT2D eigenvalue weighted by Crippen LogP contribution is -1.99. The summed E-state index contributed by atoms with van der Waals surface area (Å²) in [7, 11) is 3.21. The molecule has 2 aromatic rings. The van der Waals surface area contributed by atoms with Crippen LogP contribution in [0.25, 0.3) is 12.2 Å². The summed E-state index contributed by atoms with van der Waals surface area (Å²) in [6, 6.07) is 14.7. The second kappa shape index (κ2) is 10.2. The Morgan fingerprint density at radius 2 is 1.00 bits per heavy atom. The van der Waals surface area contributed by atoms with Crippen molar-refractivity contribution in [1.82, 2.24) is 0 Å². The maximum Gasteiger partial charge on any atom is 0.363 e. The van der Waals surface area contributed by atoms with Gasteiger partial charge < -0.3 is 18.9 Å². The highest BCUT2D eigenvalue weighted by Crippen LogP contribution is 2.19. The number of carbonyl (C=O) groups excluding carboxylic acids is 2. The quantitative estimate of drug-likeness (QED) is 0.533. The van der Waals surface area contributed by atoms with E-state index in [1.165, 1.54) is 0 Å². The number of carbonyl (C=O) groups is 2. The number of methoxy groups -OCH3 is 2. The molecule has 8 nitrogen and oxygen atoms in total. The number of cyclic esters (lactones) is 2. The number of aliphatic imine (C=N–C) groups is 2. The zero-order valence-electron chi connectivity index (χ0n) is 18.1. The molecular weight excluding hydrogens is 412 g/mol. The molecule has 2 aliphatic heterocycles. The van der Waals surface area contributed by atoms with E-state index in [1.54, 1.807) is 40.2 Å². The van der Waals surface area contributed by atoms with Crippen LogP contribution in [0, 0.1) is 0 Å². The highest BCUT2D eigenvalue weighted by atomic mass is 16.6. The number of rotatable bonds is 4. The smallest absolute Gasteiger partial charge is 0.363 e. The molecule has 0 unspecified atom stereocenters. The largest absolute Gasteiger partial charge is 0.497 e. The summed E-state index contributed by atoms with van der Waals surface area (Å²) in [5.74, 6) is 1.49. The van der Waals surface area contributed by atoms with Crippen molar-refractivity contribution in [2.45, 2.75) is 13.8 Å². The van der Waals surface area contributed by atoms with Gasteiger partial charge in [0.05, 0.1) is 14.2 Å². The summed E-state index contributed by atoms with van der Waals surface area (Å²) in [5.41, 5.74) is 2.41. The van der Waals surface area contributed by atoms with Crippen molar-refractivity contribution >= 4 is 35.9 Å². The first-order valence-corrected chi connectivity index (χ1v) is 9.64. The summed E-state index contributed by atoms with van der Waals surface area (Å²) >= 11 is 0. The molecule has 0 aliphatic carbocycles. The van der Waals surface area contributed by atoms with Crippen molar-refractivity contribution in [2.24, 2.45) is 9.98 Å². The van der Waals surface area contributed by atoms with Gasteiger partial charge in [-0.25, -0.2) is 19.6 Å². The third kappa shape index (κ3) is 5.91. The van der Waals surface area contributed by atoms with Crippen molar-refractivity contribution < 1.29 is 28.5 Å². The van der Waals surface area contributed by atoms with Crippen molar-refractivity contribution in [3.63, 3.8) is 0 Å². The third-order valence-corrected chi connectivity index (χ3v) is 4.29. The molecule has 8 heteroatoms. The Balaban J connectivity index is 0.000000181. The van der Waals surface area contributed by atoms with Crippen molar-refractivity contribution in [1.29, 1.82) is 0 Å². The minimum atomic E-state index is -0.409. The zero-order chi connectivity index (χ0) is 23.1. The fourth-order valence-electron chi connectivity index (χ4n) is 2.75. The maximum atomic E-state index is 11.3. The minimum absolute atomic E-state index is 0.322. The second-order valence-electron chi connectivity index (χ2n) is 6.65. The number of hydrogen-bond acceptors (Lipinski definition) is 8. The van der Waals surface area contributed by atoms with Crippen LogP contribution in [-0.4, -0.2) is 38.0 Å². The van der Waals surface area contributed by atoms with Gasteiger partial charge >= 0.3 is 11.9 Å². The van der Waals surface area contributed by atoms with Gasteiger partial charge in [-0.1, -0.05) is 24.3 Å². The van der Waals surface area contributed by atoms with Crippen LogP contribution in [-0.2, 0) is 19.1 Å². The van der Waals surface area contributed by atoms with Crippen molar-refractivity contribution in [3.05, 3.63) is 71.1 Å². The molecular formula is C24H22N2O6. The Morgan fingerprint density at radius 3 is 1.25 bits per heavy atom. The molecule has 0 aromatic heterocycles. The predicted octanol–water partition coefficient (Wildman–Crippen LogP) is 4.02. The molecule has 0 fully saturated rings. The van der Waals surface area contributed by atoms with Crippen molar-refractivity contribution in [3.8, 4) is 11.5 Å². The molecule has 32 heavy (non-hydrogen) atoms. The van der Waals surface area contributed by atoms with E-state index < -0.39 is 11.9 Å². The van der Waals surface area contributed by atoms with E-state index in [1.807, 2.05) is 48.5 Å². The van der Waals surface area contributed by atoms with E-state index in [4.69, 9.17) is 18.9 Å². The highest BCUT2D eigenvalue weighted by molar-refractivity contribution is 6.07.